The average Bonchev–Trinajstić information content (AvgIpc) is 2.65. The van der Waals surface area contributed by atoms with Gasteiger partial charge in [-0.3, -0.25) is 25.2 Å². The number of fused-ring (bicyclic) bond motifs is 1. The van der Waals surface area contributed by atoms with Gasteiger partial charge in [-0.15, -0.1) is 11.8 Å². The predicted octanol–water partition coefficient (Wildman–Crippen LogP) is 2.29. The molecule has 1 aliphatic rings. The molecule has 3 rings (SSSR count). The SMILES string of the molecule is Cc1ccccc1C(=O)NNC(=O)CCN1C(=O)CSc2ccccc21. The number of nitrogens with one attached hydrogen (secondary N) is 2. The van der Waals surface area contributed by atoms with Crippen molar-refractivity contribution in [3.8, 4) is 0 Å². The van der Waals surface area contributed by atoms with Crippen LogP contribution in [0, 0.1) is 6.92 Å². The largest absolute Gasteiger partial charge is 0.310 e. The standard InChI is InChI=1S/C19H19N3O3S/c1-13-6-2-3-7-14(13)19(25)21-20-17(23)10-11-22-15-8-4-5-9-16(15)26-12-18(22)24/h2-9H,10-12H2,1H3,(H,20,23)(H,21,25). The van der Waals surface area contributed by atoms with E-state index in [2.05, 4.69) is 10.9 Å². The molecule has 2 aromatic carbocycles. The molecule has 3 amide bonds. The molecule has 1 aliphatic heterocycles. The highest BCUT2D eigenvalue weighted by Crippen LogP contribution is 2.34. The zero-order chi connectivity index (χ0) is 18.5. The minimum Gasteiger partial charge on any atom is -0.310 e. The van der Waals surface area contributed by atoms with Gasteiger partial charge in [-0.1, -0.05) is 30.3 Å². The zero-order valence-corrected chi connectivity index (χ0v) is 15.1. The van der Waals surface area contributed by atoms with Crippen LogP contribution < -0.4 is 15.8 Å². The van der Waals surface area contributed by atoms with E-state index < -0.39 is 0 Å². The summed E-state index contributed by atoms with van der Waals surface area (Å²) in [5.41, 5.74) is 6.97. The molecule has 0 fully saturated rings. The van der Waals surface area contributed by atoms with Gasteiger partial charge in [-0.2, -0.15) is 0 Å². The van der Waals surface area contributed by atoms with E-state index in [4.69, 9.17) is 0 Å². The van der Waals surface area contributed by atoms with Crippen LogP contribution in [0.4, 0.5) is 5.69 Å². The van der Waals surface area contributed by atoms with Crippen LogP contribution in [0.15, 0.2) is 53.4 Å². The van der Waals surface area contributed by atoms with Crippen LogP contribution in [0.1, 0.15) is 22.3 Å². The third kappa shape index (κ3) is 4.05. The zero-order valence-electron chi connectivity index (χ0n) is 14.3. The number of hydrogen-bond donors (Lipinski definition) is 2. The molecule has 0 unspecified atom stereocenters. The summed E-state index contributed by atoms with van der Waals surface area (Å²) >= 11 is 1.50. The third-order valence-corrected chi connectivity index (χ3v) is 5.12. The van der Waals surface area contributed by atoms with Gasteiger partial charge in [0.15, 0.2) is 0 Å². The van der Waals surface area contributed by atoms with Crippen LogP contribution in [0.3, 0.4) is 0 Å². The number of para-hydroxylation sites is 1. The minimum atomic E-state index is -0.368. The maximum absolute atomic E-state index is 12.2. The van der Waals surface area contributed by atoms with Gasteiger partial charge in [0, 0.05) is 23.4 Å². The minimum absolute atomic E-state index is 0.0227. The number of benzene rings is 2. The van der Waals surface area contributed by atoms with E-state index in [0.717, 1.165) is 16.1 Å². The number of carbonyl (C=O) groups is 3. The van der Waals surface area contributed by atoms with Crippen molar-refractivity contribution in [1.82, 2.24) is 10.9 Å². The quantitative estimate of drug-likeness (QED) is 0.811. The molecule has 0 saturated carbocycles. The Labute approximate surface area is 155 Å². The number of hydrazine groups is 1. The first-order valence-electron chi connectivity index (χ1n) is 8.23. The van der Waals surface area contributed by atoms with Crippen LogP contribution in [-0.4, -0.2) is 30.0 Å². The van der Waals surface area contributed by atoms with Gasteiger partial charge in [0.2, 0.25) is 11.8 Å². The van der Waals surface area contributed by atoms with Crippen LogP contribution in [-0.2, 0) is 9.59 Å². The first-order chi connectivity index (χ1) is 12.6. The number of anilines is 1. The normalized spacial score (nSPS) is 13.1. The summed E-state index contributed by atoms with van der Waals surface area (Å²) in [5, 5.41) is 0. The van der Waals surface area contributed by atoms with E-state index in [1.54, 1.807) is 17.0 Å². The molecule has 26 heavy (non-hydrogen) atoms. The maximum atomic E-state index is 12.2. The Morgan fingerprint density at radius 2 is 1.81 bits per heavy atom. The lowest BCUT2D eigenvalue weighted by Gasteiger charge is -2.28. The van der Waals surface area contributed by atoms with Gasteiger partial charge < -0.3 is 4.90 Å². The van der Waals surface area contributed by atoms with Crippen molar-refractivity contribution in [2.45, 2.75) is 18.2 Å². The summed E-state index contributed by atoms with van der Waals surface area (Å²) in [4.78, 5) is 39.0. The molecule has 0 aliphatic carbocycles. The van der Waals surface area contributed by atoms with E-state index in [9.17, 15) is 14.4 Å². The first kappa shape index (κ1) is 18.0. The number of aryl methyl sites for hydroxylation is 1. The monoisotopic (exact) mass is 369 g/mol. The van der Waals surface area contributed by atoms with Crippen molar-refractivity contribution >= 4 is 35.2 Å². The van der Waals surface area contributed by atoms with Crippen molar-refractivity contribution in [3.05, 3.63) is 59.7 Å². The molecular weight excluding hydrogens is 350 g/mol. The second-order valence-corrected chi connectivity index (χ2v) is 6.89. The summed E-state index contributed by atoms with van der Waals surface area (Å²) in [6.45, 7) is 2.09. The van der Waals surface area contributed by atoms with Crippen molar-refractivity contribution in [2.24, 2.45) is 0 Å². The van der Waals surface area contributed by atoms with E-state index >= 15 is 0 Å². The van der Waals surface area contributed by atoms with E-state index in [0.29, 0.717) is 11.3 Å². The van der Waals surface area contributed by atoms with Gasteiger partial charge in [-0.05, 0) is 30.7 Å². The molecule has 0 aromatic heterocycles. The molecule has 6 nitrogen and oxygen atoms in total. The van der Waals surface area contributed by atoms with Gasteiger partial charge >= 0.3 is 0 Å². The lowest BCUT2D eigenvalue weighted by molar-refractivity contribution is -0.121. The Morgan fingerprint density at radius 1 is 1.08 bits per heavy atom. The Balaban J connectivity index is 1.54. The molecular formula is C19H19N3O3S. The Morgan fingerprint density at radius 3 is 2.62 bits per heavy atom. The number of amides is 3. The highest BCUT2D eigenvalue weighted by Gasteiger charge is 2.24. The van der Waals surface area contributed by atoms with E-state index in [-0.39, 0.29) is 30.7 Å². The maximum Gasteiger partial charge on any atom is 0.269 e. The molecule has 0 spiro atoms. The van der Waals surface area contributed by atoms with Crippen LogP contribution in [0.5, 0.6) is 0 Å². The molecule has 2 aromatic rings. The Kier molecular flexibility index (Phi) is 5.58. The molecule has 0 saturated heterocycles. The van der Waals surface area contributed by atoms with Gasteiger partial charge in [-0.25, -0.2) is 0 Å². The molecule has 0 bridgehead atoms. The van der Waals surface area contributed by atoms with Crippen molar-refractivity contribution in [2.75, 3.05) is 17.2 Å². The Hall–Kier alpha value is -2.80. The lowest BCUT2D eigenvalue weighted by atomic mass is 10.1. The predicted molar refractivity (Wildman–Crippen MR) is 101 cm³/mol. The van der Waals surface area contributed by atoms with E-state index in [1.165, 1.54) is 11.8 Å². The molecule has 134 valence electrons. The summed E-state index contributed by atoms with van der Waals surface area (Å²) in [5.74, 6) is -0.379. The topological polar surface area (TPSA) is 78.5 Å². The second kappa shape index (κ2) is 8.05. The molecule has 1 heterocycles. The molecule has 2 N–H and O–H groups in total. The van der Waals surface area contributed by atoms with Crippen molar-refractivity contribution in [3.63, 3.8) is 0 Å². The van der Waals surface area contributed by atoms with Crippen molar-refractivity contribution < 1.29 is 14.4 Å². The fraction of sp³-hybridized carbons (Fsp3) is 0.211. The number of nitrogens with zero attached hydrogens (tertiary/aromatic N) is 1. The van der Waals surface area contributed by atoms with Crippen LogP contribution in [0.2, 0.25) is 0 Å². The van der Waals surface area contributed by atoms with Crippen molar-refractivity contribution in [1.29, 1.82) is 0 Å². The average molecular weight is 369 g/mol. The molecule has 0 atom stereocenters. The highest BCUT2D eigenvalue weighted by atomic mass is 32.2. The lowest BCUT2D eigenvalue weighted by Crippen LogP contribution is -2.44. The summed E-state index contributed by atoms with van der Waals surface area (Å²) in [6, 6.07) is 14.8. The summed E-state index contributed by atoms with van der Waals surface area (Å²) < 4.78 is 0. The first-order valence-corrected chi connectivity index (χ1v) is 9.22. The number of rotatable bonds is 4. The molecule has 7 heteroatoms. The van der Waals surface area contributed by atoms with Gasteiger partial charge in [0.25, 0.3) is 5.91 Å². The fourth-order valence-corrected chi connectivity index (χ4v) is 3.63. The smallest absolute Gasteiger partial charge is 0.269 e. The number of carbonyl (C=O) groups excluding carboxylic acids is 3. The third-order valence-electron chi connectivity index (χ3n) is 4.08. The second-order valence-electron chi connectivity index (χ2n) is 5.87. The summed E-state index contributed by atoms with van der Waals surface area (Å²) in [6.07, 6.45) is 0.0960. The molecule has 0 radical (unpaired) electrons. The van der Waals surface area contributed by atoms with Crippen LogP contribution >= 0.6 is 11.8 Å². The van der Waals surface area contributed by atoms with Gasteiger partial charge in [0.1, 0.15) is 0 Å². The summed E-state index contributed by atoms with van der Waals surface area (Å²) in [7, 11) is 0. The number of thioether (sulfide) groups is 1. The van der Waals surface area contributed by atoms with Gasteiger partial charge in [0.05, 0.1) is 11.4 Å². The van der Waals surface area contributed by atoms with Crippen LogP contribution in [0.25, 0.3) is 0 Å². The Bertz CT molecular complexity index is 853. The highest BCUT2D eigenvalue weighted by molar-refractivity contribution is 8.00. The number of hydrogen-bond acceptors (Lipinski definition) is 4. The van der Waals surface area contributed by atoms with E-state index in [1.807, 2.05) is 43.3 Å². The fourth-order valence-electron chi connectivity index (χ4n) is 2.70.